The van der Waals surface area contributed by atoms with E-state index in [1.807, 2.05) is 0 Å². The molecule has 2 N–H and O–H groups in total. The van der Waals surface area contributed by atoms with Gasteiger partial charge in [0.1, 0.15) is 4.90 Å². The first-order valence-electron chi connectivity index (χ1n) is 4.71. The average Bonchev–Trinajstić information content (AvgIpc) is 2.27. The van der Waals surface area contributed by atoms with E-state index in [9.17, 15) is 13.2 Å². The Morgan fingerprint density at radius 1 is 1.35 bits per heavy atom. The number of nitrogen functional groups attached to an aromatic ring is 1. The van der Waals surface area contributed by atoms with Gasteiger partial charge in [-0.3, -0.25) is 0 Å². The molecule has 0 aliphatic rings. The molecule has 1 aromatic carbocycles. The molecule has 6 nitrogen and oxygen atoms in total. The highest BCUT2D eigenvalue weighted by molar-refractivity contribution is 7.89. The van der Waals surface area contributed by atoms with E-state index in [0.717, 1.165) is 4.31 Å². The molecule has 0 unspecified atom stereocenters. The van der Waals surface area contributed by atoms with Gasteiger partial charge >= 0.3 is 5.97 Å². The van der Waals surface area contributed by atoms with Crippen molar-refractivity contribution in [2.75, 3.05) is 26.9 Å². The third-order valence-corrected chi connectivity index (χ3v) is 4.08. The summed E-state index contributed by atoms with van der Waals surface area (Å²) in [5, 5.41) is 0. The summed E-state index contributed by atoms with van der Waals surface area (Å²) in [6, 6.07) is 3.93. The Morgan fingerprint density at radius 2 is 1.94 bits per heavy atom. The van der Waals surface area contributed by atoms with Crippen molar-refractivity contribution in [1.82, 2.24) is 4.31 Å². The first-order chi connectivity index (χ1) is 7.80. The van der Waals surface area contributed by atoms with Crippen LogP contribution in [0.25, 0.3) is 0 Å². The van der Waals surface area contributed by atoms with Crippen LogP contribution in [0.1, 0.15) is 10.4 Å². The molecule has 17 heavy (non-hydrogen) atoms. The van der Waals surface area contributed by atoms with Gasteiger partial charge in [-0.05, 0) is 18.2 Å². The summed E-state index contributed by atoms with van der Waals surface area (Å²) in [5.74, 6) is -0.564. The van der Waals surface area contributed by atoms with E-state index in [4.69, 9.17) is 5.73 Å². The number of methoxy groups -OCH3 is 1. The molecule has 0 amide bonds. The monoisotopic (exact) mass is 258 g/mol. The van der Waals surface area contributed by atoms with Crippen LogP contribution in [-0.4, -0.2) is 39.9 Å². The minimum atomic E-state index is -3.60. The molecule has 0 radical (unpaired) electrons. The second-order valence-corrected chi connectivity index (χ2v) is 5.65. The number of esters is 1. The number of anilines is 1. The van der Waals surface area contributed by atoms with Crippen LogP contribution in [0.15, 0.2) is 23.1 Å². The first kappa shape index (κ1) is 13.5. The molecule has 0 saturated carbocycles. The molecule has 1 aromatic rings. The van der Waals surface area contributed by atoms with Crippen molar-refractivity contribution in [2.45, 2.75) is 4.90 Å². The van der Waals surface area contributed by atoms with Crippen LogP contribution in [-0.2, 0) is 14.8 Å². The molecule has 0 aliphatic carbocycles. The third-order valence-electron chi connectivity index (χ3n) is 2.19. The van der Waals surface area contributed by atoms with Crippen molar-refractivity contribution in [3.63, 3.8) is 0 Å². The number of carbonyl (C=O) groups excluding carboxylic acids is 1. The lowest BCUT2D eigenvalue weighted by Gasteiger charge is -2.13. The zero-order valence-electron chi connectivity index (χ0n) is 9.80. The van der Waals surface area contributed by atoms with Gasteiger partial charge in [0.05, 0.1) is 18.4 Å². The van der Waals surface area contributed by atoms with E-state index in [2.05, 4.69) is 4.74 Å². The molecular weight excluding hydrogens is 244 g/mol. The van der Waals surface area contributed by atoms with E-state index in [0.29, 0.717) is 0 Å². The van der Waals surface area contributed by atoms with E-state index in [1.165, 1.54) is 39.4 Å². The summed E-state index contributed by atoms with van der Waals surface area (Å²) in [6.45, 7) is 0. The number of benzene rings is 1. The number of nitrogens with two attached hydrogens (primary N) is 1. The molecule has 7 heteroatoms. The van der Waals surface area contributed by atoms with Crippen LogP contribution < -0.4 is 5.73 Å². The van der Waals surface area contributed by atoms with Gasteiger partial charge in [0.2, 0.25) is 10.0 Å². The van der Waals surface area contributed by atoms with Crippen molar-refractivity contribution in [3.8, 4) is 0 Å². The second kappa shape index (κ2) is 4.72. The highest BCUT2D eigenvalue weighted by Crippen LogP contribution is 2.22. The number of hydrogen-bond acceptors (Lipinski definition) is 5. The van der Waals surface area contributed by atoms with Crippen molar-refractivity contribution in [2.24, 2.45) is 0 Å². The Kier molecular flexibility index (Phi) is 3.74. The van der Waals surface area contributed by atoms with Gasteiger partial charge in [-0.25, -0.2) is 17.5 Å². The number of ether oxygens (including phenoxy) is 1. The standard InChI is InChI=1S/C10H14N2O4S/c1-12(2)17(14,15)9-5-4-7(6-8(9)11)10(13)16-3/h4-6H,11H2,1-3H3. The number of carbonyl (C=O) groups is 1. The molecule has 0 atom stereocenters. The summed E-state index contributed by atoms with van der Waals surface area (Å²) in [6.07, 6.45) is 0. The van der Waals surface area contributed by atoms with Gasteiger partial charge in [-0.2, -0.15) is 0 Å². The lowest BCUT2D eigenvalue weighted by Crippen LogP contribution is -2.23. The molecule has 0 fully saturated rings. The zero-order chi connectivity index (χ0) is 13.2. The van der Waals surface area contributed by atoms with Crippen molar-refractivity contribution < 1.29 is 17.9 Å². The Labute approximate surface area is 100 Å². The second-order valence-electron chi connectivity index (χ2n) is 3.53. The van der Waals surface area contributed by atoms with Crippen molar-refractivity contribution in [1.29, 1.82) is 0 Å². The molecule has 94 valence electrons. The number of hydrogen-bond donors (Lipinski definition) is 1. The fourth-order valence-corrected chi connectivity index (χ4v) is 2.22. The summed E-state index contributed by atoms with van der Waals surface area (Å²) in [7, 11) is 0.450. The molecule has 0 bridgehead atoms. The van der Waals surface area contributed by atoms with Crippen LogP contribution >= 0.6 is 0 Å². The molecule has 0 saturated heterocycles. The van der Waals surface area contributed by atoms with Gasteiger partial charge in [0, 0.05) is 14.1 Å². The van der Waals surface area contributed by atoms with Gasteiger partial charge in [-0.15, -0.1) is 0 Å². The van der Waals surface area contributed by atoms with Crippen LogP contribution in [0.3, 0.4) is 0 Å². The summed E-state index contributed by atoms with van der Waals surface area (Å²) in [4.78, 5) is 11.2. The fraction of sp³-hybridized carbons (Fsp3) is 0.300. The first-order valence-corrected chi connectivity index (χ1v) is 6.15. The minimum Gasteiger partial charge on any atom is -0.465 e. The number of sulfonamides is 1. The van der Waals surface area contributed by atoms with E-state index in [-0.39, 0.29) is 16.1 Å². The molecule has 1 rings (SSSR count). The number of nitrogens with zero attached hydrogens (tertiary/aromatic N) is 1. The maximum Gasteiger partial charge on any atom is 0.337 e. The molecule has 0 aliphatic heterocycles. The van der Waals surface area contributed by atoms with Crippen LogP contribution in [0.4, 0.5) is 5.69 Å². The highest BCUT2D eigenvalue weighted by Gasteiger charge is 2.21. The highest BCUT2D eigenvalue weighted by atomic mass is 32.2. The Bertz CT molecular complexity index is 537. The Hall–Kier alpha value is -1.60. The zero-order valence-corrected chi connectivity index (χ0v) is 10.6. The Morgan fingerprint density at radius 3 is 2.35 bits per heavy atom. The summed E-state index contributed by atoms with van der Waals surface area (Å²) in [5.41, 5.74) is 5.85. The van der Waals surface area contributed by atoms with Gasteiger partial charge in [0.25, 0.3) is 0 Å². The molecule has 0 aromatic heterocycles. The smallest absolute Gasteiger partial charge is 0.337 e. The normalized spacial score (nSPS) is 11.5. The van der Waals surface area contributed by atoms with Crippen LogP contribution in [0.2, 0.25) is 0 Å². The lowest BCUT2D eigenvalue weighted by molar-refractivity contribution is 0.0600. The van der Waals surface area contributed by atoms with Gasteiger partial charge in [-0.1, -0.05) is 0 Å². The molecule has 0 heterocycles. The number of rotatable bonds is 3. The lowest BCUT2D eigenvalue weighted by atomic mass is 10.2. The predicted octanol–water partition coefficient (Wildman–Crippen LogP) is 0.306. The van der Waals surface area contributed by atoms with Crippen LogP contribution in [0, 0.1) is 0 Å². The van der Waals surface area contributed by atoms with E-state index in [1.54, 1.807) is 0 Å². The SMILES string of the molecule is COC(=O)c1ccc(S(=O)(=O)N(C)C)c(N)c1. The summed E-state index contributed by atoms with van der Waals surface area (Å²) >= 11 is 0. The Balaban J connectivity index is 3.29. The van der Waals surface area contributed by atoms with Crippen LogP contribution in [0.5, 0.6) is 0 Å². The largest absolute Gasteiger partial charge is 0.465 e. The third kappa shape index (κ3) is 2.56. The van der Waals surface area contributed by atoms with E-state index < -0.39 is 16.0 Å². The maximum atomic E-state index is 11.8. The maximum absolute atomic E-state index is 11.8. The molecular formula is C10H14N2O4S. The van der Waals surface area contributed by atoms with Crippen molar-refractivity contribution in [3.05, 3.63) is 23.8 Å². The minimum absolute atomic E-state index is 0.0154. The topological polar surface area (TPSA) is 89.7 Å². The predicted molar refractivity (Wildman–Crippen MR) is 63.1 cm³/mol. The van der Waals surface area contributed by atoms with Crippen molar-refractivity contribution >= 4 is 21.7 Å². The quantitative estimate of drug-likeness (QED) is 0.622. The fourth-order valence-electron chi connectivity index (χ4n) is 1.22. The summed E-state index contributed by atoms with van der Waals surface area (Å²) < 4.78 is 29.2. The van der Waals surface area contributed by atoms with Gasteiger partial charge < -0.3 is 10.5 Å². The average molecular weight is 258 g/mol. The van der Waals surface area contributed by atoms with E-state index >= 15 is 0 Å². The molecule has 0 spiro atoms. The van der Waals surface area contributed by atoms with Gasteiger partial charge in [0.15, 0.2) is 0 Å².